The van der Waals surface area contributed by atoms with Crippen molar-refractivity contribution in [1.29, 1.82) is 0 Å². The van der Waals surface area contributed by atoms with Crippen molar-refractivity contribution in [2.24, 2.45) is 17.6 Å². The lowest BCUT2D eigenvalue weighted by molar-refractivity contribution is -0.138. The maximum atomic E-state index is 12.8. The van der Waals surface area contributed by atoms with Gasteiger partial charge in [0.1, 0.15) is 0 Å². The lowest BCUT2D eigenvalue weighted by Crippen LogP contribution is -2.39. The van der Waals surface area contributed by atoms with E-state index in [2.05, 4.69) is 22.4 Å². The number of hydrogen-bond acceptors (Lipinski definition) is 3. The molecule has 3 nitrogen and oxygen atoms in total. The third kappa shape index (κ3) is 3.23. The van der Waals surface area contributed by atoms with Crippen molar-refractivity contribution >= 4 is 17.2 Å². The summed E-state index contributed by atoms with van der Waals surface area (Å²) in [5.74, 6) is 1.29. The molecule has 4 heteroatoms. The number of rotatable bonds is 5. The van der Waals surface area contributed by atoms with Gasteiger partial charge in [-0.2, -0.15) is 0 Å². The van der Waals surface area contributed by atoms with Crippen LogP contribution in [0.2, 0.25) is 0 Å². The number of thiophene rings is 1. The summed E-state index contributed by atoms with van der Waals surface area (Å²) in [5.41, 5.74) is 5.74. The number of carbonyl (C=O) groups excluding carboxylic acids is 1. The first-order valence-electron chi connectivity index (χ1n) is 7.81. The Balaban J connectivity index is 1.61. The van der Waals surface area contributed by atoms with Gasteiger partial charge in [0, 0.05) is 16.8 Å². The molecular formula is C16H24N2OS. The zero-order valence-corrected chi connectivity index (χ0v) is 12.8. The standard InChI is InChI=1S/C16H24N2OS/c17-10-12-3-5-13(6-4-12)16(19)18(14-7-8-14)11-15-2-1-9-20-15/h1-2,9,12-14H,3-8,10-11,17H2. The summed E-state index contributed by atoms with van der Waals surface area (Å²) in [5, 5.41) is 2.09. The van der Waals surface area contributed by atoms with Gasteiger partial charge in [-0.05, 0) is 62.4 Å². The highest BCUT2D eigenvalue weighted by Crippen LogP contribution is 2.35. The van der Waals surface area contributed by atoms with E-state index in [0.29, 0.717) is 17.9 Å². The molecule has 0 spiro atoms. The molecular weight excluding hydrogens is 268 g/mol. The van der Waals surface area contributed by atoms with Crippen LogP contribution < -0.4 is 5.73 Å². The van der Waals surface area contributed by atoms with E-state index >= 15 is 0 Å². The Hall–Kier alpha value is -0.870. The van der Waals surface area contributed by atoms with Crippen molar-refractivity contribution < 1.29 is 4.79 Å². The van der Waals surface area contributed by atoms with Crippen molar-refractivity contribution in [1.82, 2.24) is 4.90 Å². The van der Waals surface area contributed by atoms with Gasteiger partial charge >= 0.3 is 0 Å². The fourth-order valence-corrected chi connectivity index (χ4v) is 3.93. The first-order chi connectivity index (χ1) is 9.78. The first kappa shape index (κ1) is 14.1. The van der Waals surface area contributed by atoms with E-state index in [1.54, 1.807) is 11.3 Å². The van der Waals surface area contributed by atoms with Crippen molar-refractivity contribution in [2.45, 2.75) is 51.1 Å². The summed E-state index contributed by atoms with van der Waals surface area (Å²) in [7, 11) is 0. The number of carbonyl (C=O) groups is 1. The van der Waals surface area contributed by atoms with Gasteiger partial charge in [-0.1, -0.05) is 6.07 Å². The third-order valence-corrected chi connectivity index (χ3v) is 5.57. The fourth-order valence-electron chi connectivity index (χ4n) is 3.22. The van der Waals surface area contributed by atoms with E-state index in [-0.39, 0.29) is 5.92 Å². The Morgan fingerprint density at radius 3 is 2.55 bits per heavy atom. The van der Waals surface area contributed by atoms with Gasteiger partial charge in [-0.15, -0.1) is 11.3 Å². The number of nitrogens with two attached hydrogens (primary N) is 1. The molecule has 1 amide bonds. The summed E-state index contributed by atoms with van der Waals surface area (Å²) in [4.78, 5) is 16.3. The molecule has 20 heavy (non-hydrogen) atoms. The van der Waals surface area contributed by atoms with Gasteiger partial charge in [0.25, 0.3) is 0 Å². The van der Waals surface area contributed by atoms with Gasteiger partial charge in [0.05, 0.1) is 6.54 Å². The highest BCUT2D eigenvalue weighted by atomic mass is 32.1. The summed E-state index contributed by atoms with van der Waals surface area (Å²) in [6, 6.07) is 4.72. The number of hydrogen-bond donors (Lipinski definition) is 1. The van der Waals surface area contributed by atoms with Crippen LogP contribution in [-0.2, 0) is 11.3 Å². The Morgan fingerprint density at radius 2 is 2.00 bits per heavy atom. The summed E-state index contributed by atoms with van der Waals surface area (Å²) in [6.07, 6.45) is 6.71. The molecule has 1 aromatic heterocycles. The molecule has 2 aliphatic carbocycles. The second-order valence-corrected chi connectivity index (χ2v) is 7.26. The second kappa shape index (κ2) is 6.27. The largest absolute Gasteiger partial charge is 0.334 e. The minimum Gasteiger partial charge on any atom is -0.334 e. The third-order valence-electron chi connectivity index (χ3n) is 4.71. The van der Waals surface area contributed by atoms with Crippen molar-refractivity contribution in [3.63, 3.8) is 0 Å². The molecule has 0 atom stereocenters. The highest BCUT2D eigenvalue weighted by Gasteiger charge is 2.37. The van der Waals surface area contributed by atoms with Gasteiger partial charge in [0.15, 0.2) is 0 Å². The number of amides is 1. The van der Waals surface area contributed by atoms with Crippen LogP contribution in [-0.4, -0.2) is 23.4 Å². The molecule has 2 N–H and O–H groups in total. The molecule has 0 aromatic carbocycles. The predicted octanol–water partition coefficient (Wildman–Crippen LogP) is 3.00. The average molecular weight is 292 g/mol. The summed E-state index contributed by atoms with van der Waals surface area (Å²) < 4.78 is 0. The molecule has 2 saturated carbocycles. The minimum atomic E-state index is 0.248. The molecule has 0 bridgehead atoms. The van der Waals surface area contributed by atoms with Crippen molar-refractivity contribution in [2.75, 3.05) is 6.54 Å². The highest BCUT2D eigenvalue weighted by molar-refractivity contribution is 7.09. The fraction of sp³-hybridized carbons (Fsp3) is 0.688. The van der Waals surface area contributed by atoms with E-state index in [1.165, 1.54) is 17.7 Å². The molecule has 0 aliphatic heterocycles. The molecule has 3 rings (SSSR count). The molecule has 0 saturated heterocycles. The maximum absolute atomic E-state index is 12.8. The number of nitrogens with zero attached hydrogens (tertiary/aromatic N) is 1. The van der Waals surface area contributed by atoms with E-state index in [9.17, 15) is 4.79 Å². The molecule has 2 fully saturated rings. The van der Waals surface area contributed by atoms with Crippen molar-refractivity contribution in [3.05, 3.63) is 22.4 Å². The predicted molar refractivity (Wildman–Crippen MR) is 82.4 cm³/mol. The monoisotopic (exact) mass is 292 g/mol. The zero-order valence-electron chi connectivity index (χ0n) is 12.0. The van der Waals surface area contributed by atoms with Crippen LogP contribution in [0.3, 0.4) is 0 Å². The summed E-state index contributed by atoms with van der Waals surface area (Å²) >= 11 is 1.75. The van der Waals surface area contributed by atoms with Crippen LogP contribution in [0.1, 0.15) is 43.4 Å². The van der Waals surface area contributed by atoms with Gasteiger partial charge in [-0.25, -0.2) is 0 Å². The SMILES string of the molecule is NCC1CCC(C(=O)N(Cc2cccs2)C2CC2)CC1. The van der Waals surface area contributed by atoms with Crippen LogP contribution in [0.4, 0.5) is 0 Å². The lowest BCUT2D eigenvalue weighted by atomic mass is 9.81. The average Bonchev–Trinajstić information content (AvgIpc) is 3.21. The molecule has 1 heterocycles. The Bertz CT molecular complexity index is 433. The van der Waals surface area contributed by atoms with E-state index < -0.39 is 0 Å². The second-order valence-electron chi connectivity index (χ2n) is 6.23. The van der Waals surface area contributed by atoms with Crippen LogP contribution >= 0.6 is 11.3 Å². The Kier molecular flexibility index (Phi) is 4.41. The molecule has 0 radical (unpaired) electrons. The topological polar surface area (TPSA) is 46.3 Å². The van der Waals surface area contributed by atoms with E-state index in [0.717, 1.165) is 38.8 Å². The van der Waals surface area contributed by atoms with Crippen LogP contribution in [0.25, 0.3) is 0 Å². The quantitative estimate of drug-likeness (QED) is 0.907. The van der Waals surface area contributed by atoms with E-state index in [4.69, 9.17) is 5.73 Å². The van der Waals surface area contributed by atoms with Gasteiger partial charge < -0.3 is 10.6 Å². The van der Waals surface area contributed by atoms with Crippen LogP contribution in [0, 0.1) is 11.8 Å². The molecule has 1 aromatic rings. The normalized spacial score (nSPS) is 26.4. The van der Waals surface area contributed by atoms with Crippen LogP contribution in [0.5, 0.6) is 0 Å². The molecule has 0 unspecified atom stereocenters. The molecule has 2 aliphatic rings. The maximum Gasteiger partial charge on any atom is 0.226 e. The van der Waals surface area contributed by atoms with Crippen LogP contribution in [0.15, 0.2) is 17.5 Å². The van der Waals surface area contributed by atoms with Crippen molar-refractivity contribution in [3.8, 4) is 0 Å². The smallest absolute Gasteiger partial charge is 0.226 e. The lowest BCUT2D eigenvalue weighted by Gasteiger charge is -2.31. The minimum absolute atomic E-state index is 0.248. The van der Waals surface area contributed by atoms with Gasteiger partial charge in [-0.3, -0.25) is 4.79 Å². The Labute approximate surface area is 125 Å². The van der Waals surface area contributed by atoms with E-state index in [1.807, 2.05) is 0 Å². The summed E-state index contributed by atoms with van der Waals surface area (Å²) in [6.45, 7) is 1.60. The first-order valence-corrected chi connectivity index (χ1v) is 8.69. The Morgan fingerprint density at radius 1 is 1.25 bits per heavy atom. The molecule has 110 valence electrons. The van der Waals surface area contributed by atoms with Gasteiger partial charge in [0.2, 0.25) is 5.91 Å². The zero-order chi connectivity index (χ0) is 13.9.